The van der Waals surface area contributed by atoms with E-state index in [1.165, 1.54) is 58.4 Å². The minimum atomic E-state index is -4.98. The Kier molecular flexibility index (Phi) is 15.7. The smallest absolute Gasteiger partial charge is 0.295 e. The van der Waals surface area contributed by atoms with Gasteiger partial charge in [0.05, 0.1) is 31.3 Å². The van der Waals surface area contributed by atoms with Crippen molar-refractivity contribution in [2.75, 3.05) is 73.0 Å². The number of aliphatic hydroxyl groups is 4. The molecule has 0 amide bonds. The molecule has 9 N–H and O–H groups in total. The Morgan fingerprint density at radius 1 is 0.470 bits per heavy atom. The van der Waals surface area contributed by atoms with Crippen LogP contribution in [0, 0.1) is 0 Å². The van der Waals surface area contributed by atoms with Crippen LogP contribution in [0.1, 0.15) is 11.1 Å². The SMILES string of the molecule is O=S(=O)(O)c1ccc(-c2nc(Nc3ccc(C=Cc4ccc(Nc5nc(-c6ccccc6)nc(N(CCO)CCO)n5)cc4S(=O)(=O)O)c(S(=O)(=O)O)c3)nc(N(CCO)CCO)n2)cc1. The first kappa shape index (κ1) is 48.9. The van der Waals surface area contributed by atoms with E-state index in [2.05, 4.69) is 40.5 Å². The van der Waals surface area contributed by atoms with Crippen molar-refractivity contribution in [2.45, 2.75) is 14.7 Å². The lowest BCUT2D eigenvalue weighted by atomic mass is 10.1. The van der Waals surface area contributed by atoms with Gasteiger partial charge in [-0.05, 0) is 59.7 Å². The molecule has 6 aromatic rings. The van der Waals surface area contributed by atoms with E-state index in [4.69, 9.17) is 0 Å². The number of nitrogens with zero attached hydrogens (tertiary/aromatic N) is 8. The molecule has 4 aromatic carbocycles. The molecule has 348 valence electrons. The van der Waals surface area contributed by atoms with Crippen molar-refractivity contribution in [2.24, 2.45) is 0 Å². The predicted molar refractivity (Wildman–Crippen MR) is 241 cm³/mol. The van der Waals surface area contributed by atoms with Gasteiger partial charge in [0.2, 0.25) is 23.8 Å². The number of hydrogen-bond donors (Lipinski definition) is 9. The van der Waals surface area contributed by atoms with E-state index < -0.39 is 45.0 Å². The summed E-state index contributed by atoms with van der Waals surface area (Å²) in [6.07, 6.45) is 2.37. The normalized spacial score (nSPS) is 12.0. The Hall–Kier alpha value is -6.59. The Morgan fingerprint density at radius 2 is 0.864 bits per heavy atom. The number of aliphatic hydroxyl groups excluding tert-OH is 4. The molecular weight excluding hydrogens is 925 g/mol. The van der Waals surface area contributed by atoms with Gasteiger partial charge in [0.1, 0.15) is 9.79 Å². The van der Waals surface area contributed by atoms with Gasteiger partial charge in [-0.15, -0.1) is 0 Å². The van der Waals surface area contributed by atoms with E-state index in [1.54, 1.807) is 30.3 Å². The van der Waals surface area contributed by atoms with E-state index in [-0.39, 0.29) is 116 Å². The van der Waals surface area contributed by atoms with Gasteiger partial charge in [-0.25, -0.2) is 0 Å². The number of anilines is 6. The lowest BCUT2D eigenvalue weighted by Crippen LogP contribution is -2.31. The summed E-state index contributed by atoms with van der Waals surface area (Å²) in [7, 11) is -14.5. The molecular formula is C40H42N10O13S3. The van der Waals surface area contributed by atoms with Crippen LogP contribution in [0.4, 0.5) is 35.2 Å². The molecule has 0 spiro atoms. The zero-order valence-electron chi connectivity index (χ0n) is 34.4. The molecule has 0 fully saturated rings. The fraction of sp³-hybridized carbons (Fsp3) is 0.200. The van der Waals surface area contributed by atoms with E-state index in [0.717, 1.165) is 24.3 Å². The van der Waals surface area contributed by atoms with Gasteiger partial charge in [-0.2, -0.15) is 55.2 Å². The van der Waals surface area contributed by atoms with Gasteiger partial charge in [-0.3, -0.25) is 13.7 Å². The van der Waals surface area contributed by atoms with Crippen LogP contribution in [0.5, 0.6) is 0 Å². The largest absolute Gasteiger partial charge is 0.395 e. The topological polar surface area (TPSA) is 352 Å². The lowest BCUT2D eigenvalue weighted by Gasteiger charge is -2.21. The second kappa shape index (κ2) is 21.1. The maximum atomic E-state index is 12.7. The van der Waals surface area contributed by atoms with Crippen LogP contribution in [0.15, 0.2) is 106 Å². The molecule has 0 atom stereocenters. The van der Waals surface area contributed by atoms with E-state index in [0.29, 0.717) is 5.56 Å². The van der Waals surface area contributed by atoms with Gasteiger partial charge in [0, 0.05) is 48.7 Å². The molecule has 0 saturated carbocycles. The highest BCUT2D eigenvalue weighted by atomic mass is 32.2. The fourth-order valence-electron chi connectivity index (χ4n) is 6.24. The van der Waals surface area contributed by atoms with Crippen molar-refractivity contribution in [3.8, 4) is 22.8 Å². The van der Waals surface area contributed by atoms with Crippen LogP contribution in [0.3, 0.4) is 0 Å². The summed E-state index contributed by atoms with van der Waals surface area (Å²) < 4.78 is 104. The lowest BCUT2D eigenvalue weighted by molar-refractivity contribution is 0.279. The standard InChI is InChI=1S/C40H42N10O13S3/c51-20-16-49(17-21-52)39-45-35(28-4-2-1-3-5-28)43-37(47-39)41-30-12-8-26(33(24-30)65(58,59)60)6-7-27-9-13-31(25-34(27)66(61,62)63)42-38-44-36(29-10-14-32(15-11-29)64(55,56)57)46-40(48-38)50(18-22-53)19-23-54/h1-15,24-25,51-54H,16-23H2,(H,55,56,57)(H,58,59,60)(H,61,62,63)(H,41,43,45,47)(H,42,44,46,48). The molecule has 0 radical (unpaired) electrons. The maximum absolute atomic E-state index is 12.7. The first-order valence-electron chi connectivity index (χ1n) is 19.4. The van der Waals surface area contributed by atoms with Crippen LogP contribution >= 0.6 is 0 Å². The summed E-state index contributed by atoms with van der Waals surface area (Å²) in [4.78, 5) is 27.7. The van der Waals surface area contributed by atoms with Crippen LogP contribution in [-0.4, -0.2) is 142 Å². The quantitative estimate of drug-likeness (QED) is 0.0369. The molecule has 0 bridgehead atoms. The van der Waals surface area contributed by atoms with E-state index in [9.17, 15) is 59.3 Å². The van der Waals surface area contributed by atoms with Crippen LogP contribution in [0.2, 0.25) is 0 Å². The highest BCUT2D eigenvalue weighted by Crippen LogP contribution is 2.30. The number of hydrogen-bond acceptors (Lipinski definition) is 20. The third-order valence-electron chi connectivity index (χ3n) is 9.27. The van der Waals surface area contributed by atoms with E-state index in [1.807, 2.05) is 0 Å². The molecule has 23 nitrogen and oxygen atoms in total. The molecule has 66 heavy (non-hydrogen) atoms. The van der Waals surface area contributed by atoms with Gasteiger partial charge in [-0.1, -0.05) is 54.6 Å². The first-order chi connectivity index (χ1) is 31.4. The highest BCUT2D eigenvalue weighted by molar-refractivity contribution is 7.86. The summed E-state index contributed by atoms with van der Waals surface area (Å²) in [6, 6.07) is 21.2. The summed E-state index contributed by atoms with van der Waals surface area (Å²) in [5.74, 6) is -0.0189. The van der Waals surface area contributed by atoms with Crippen molar-refractivity contribution in [1.29, 1.82) is 0 Å². The van der Waals surface area contributed by atoms with E-state index >= 15 is 0 Å². The van der Waals surface area contributed by atoms with Crippen LogP contribution in [0.25, 0.3) is 34.9 Å². The molecule has 2 aromatic heterocycles. The number of rotatable bonds is 21. The van der Waals surface area contributed by atoms with Crippen molar-refractivity contribution >= 4 is 77.7 Å². The first-order valence-corrected chi connectivity index (χ1v) is 23.8. The molecule has 0 aliphatic rings. The maximum Gasteiger partial charge on any atom is 0.295 e. The fourth-order valence-corrected chi connectivity index (χ4v) is 8.14. The van der Waals surface area contributed by atoms with Gasteiger partial charge in [0.15, 0.2) is 11.6 Å². The molecule has 0 unspecified atom stereocenters. The van der Waals surface area contributed by atoms with Crippen LogP contribution in [-0.2, 0) is 30.4 Å². The Labute approximate surface area is 378 Å². The number of aromatic nitrogens is 6. The second-order valence-corrected chi connectivity index (χ2v) is 18.0. The summed E-state index contributed by atoms with van der Waals surface area (Å²) >= 11 is 0. The minimum absolute atomic E-state index is 0.0160. The zero-order chi connectivity index (χ0) is 47.6. The molecule has 0 aliphatic heterocycles. The average Bonchev–Trinajstić information content (AvgIpc) is 3.28. The van der Waals surface area contributed by atoms with Crippen molar-refractivity contribution in [3.05, 3.63) is 102 Å². The van der Waals surface area contributed by atoms with Crippen LogP contribution < -0.4 is 20.4 Å². The number of benzene rings is 4. The Balaban J connectivity index is 1.34. The third-order valence-corrected chi connectivity index (χ3v) is 12.0. The molecule has 2 heterocycles. The van der Waals surface area contributed by atoms with Gasteiger partial charge < -0.3 is 40.9 Å². The van der Waals surface area contributed by atoms with Gasteiger partial charge in [0.25, 0.3) is 30.4 Å². The third kappa shape index (κ3) is 12.6. The average molecular weight is 967 g/mol. The van der Waals surface area contributed by atoms with Gasteiger partial charge >= 0.3 is 0 Å². The minimum Gasteiger partial charge on any atom is -0.395 e. The Morgan fingerprint density at radius 3 is 1.23 bits per heavy atom. The predicted octanol–water partition coefficient (Wildman–Crippen LogP) is 2.37. The monoisotopic (exact) mass is 966 g/mol. The summed E-state index contributed by atoms with van der Waals surface area (Å²) in [6.45, 7) is -1.18. The number of nitrogens with one attached hydrogen (secondary N) is 2. The Bertz CT molecular complexity index is 3030. The summed E-state index contributed by atoms with van der Waals surface area (Å²) in [5.41, 5.74) is 0.739. The van der Waals surface area contributed by atoms with Crippen molar-refractivity contribution in [3.63, 3.8) is 0 Å². The molecule has 0 aliphatic carbocycles. The highest BCUT2D eigenvalue weighted by Gasteiger charge is 2.21. The summed E-state index contributed by atoms with van der Waals surface area (Å²) in [5, 5.41) is 44.3. The van der Waals surface area contributed by atoms with Crippen molar-refractivity contribution < 1.29 is 59.3 Å². The molecule has 0 saturated heterocycles. The molecule has 26 heteroatoms. The zero-order valence-corrected chi connectivity index (χ0v) is 36.8. The van der Waals surface area contributed by atoms with Crippen molar-refractivity contribution in [1.82, 2.24) is 29.9 Å². The molecule has 6 rings (SSSR count). The second-order valence-electron chi connectivity index (χ2n) is 13.8.